The second-order valence-corrected chi connectivity index (χ2v) is 10.2. The number of carbonyl (C=O) groups is 1. The molecule has 35 heavy (non-hydrogen) atoms. The molecule has 2 N–H and O–H groups in total. The fourth-order valence-corrected chi connectivity index (χ4v) is 6.00. The first-order valence-corrected chi connectivity index (χ1v) is 12.9. The van der Waals surface area contributed by atoms with Crippen molar-refractivity contribution < 1.29 is 19.7 Å². The predicted molar refractivity (Wildman–Crippen MR) is 141 cm³/mol. The number of hydrogen-bond donors (Lipinski definition) is 2. The van der Waals surface area contributed by atoms with Crippen molar-refractivity contribution in [1.82, 2.24) is 4.90 Å². The molecule has 3 aromatic carbocycles. The van der Waals surface area contributed by atoms with E-state index < -0.39 is 0 Å². The summed E-state index contributed by atoms with van der Waals surface area (Å²) in [6.07, 6.45) is 3.79. The number of fused-ring (bicyclic) bond motifs is 1. The number of ketones is 1. The van der Waals surface area contributed by atoms with Crippen molar-refractivity contribution >= 4 is 38.8 Å². The van der Waals surface area contributed by atoms with Crippen LogP contribution in [0.5, 0.6) is 17.2 Å². The van der Waals surface area contributed by atoms with Crippen LogP contribution in [-0.2, 0) is 0 Å². The third-order valence-corrected chi connectivity index (χ3v) is 7.85. The van der Waals surface area contributed by atoms with E-state index in [4.69, 9.17) is 16.3 Å². The van der Waals surface area contributed by atoms with Crippen LogP contribution in [0.1, 0.15) is 35.2 Å². The number of halogens is 1. The summed E-state index contributed by atoms with van der Waals surface area (Å²) in [5.74, 6) is 0.732. The van der Waals surface area contributed by atoms with Crippen molar-refractivity contribution in [3.63, 3.8) is 0 Å². The minimum Gasteiger partial charge on any atom is -0.508 e. The van der Waals surface area contributed by atoms with Crippen LogP contribution in [0, 0.1) is 0 Å². The van der Waals surface area contributed by atoms with E-state index in [1.54, 1.807) is 60.7 Å². The summed E-state index contributed by atoms with van der Waals surface area (Å²) in [6, 6.07) is 16.9. The SMILES string of the molecule is O=C(c1ccc(OCCN2CCCCC2)cc1Cl)c1c(-c2ccc(O)cc2)sc2cc(O)ccc12. The minimum absolute atomic E-state index is 0.138. The molecular formula is C28H26ClNO4S. The van der Waals surface area contributed by atoms with Gasteiger partial charge in [0.1, 0.15) is 23.9 Å². The highest BCUT2D eigenvalue weighted by Gasteiger charge is 2.24. The van der Waals surface area contributed by atoms with Gasteiger partial charge in [-0.2, -0.15) is 0 Å². The van der Waals surface area contributed by atoms with E-state index in [2.05, 4.69) is 4.90 Å². The average Bonchev–Trinajstić information content (AvgIpc) is 3.23. The summed E-state index contributed by atoms with van der Waals surface area (Å²) in [6.45, 7) is 3.69. The van der Waals surface area contributed by atoms with Crippen molar-refractivity contribution in [2.75, 3.05) is 26.2 Å². The molecule has 1 aliphatic rings. The number of nitrogens with zero attached hydrogens (tertiary/aromatic N) is 1. The molecule has 1 aromatic heterocycles. The highest BCUT2D eigenvalue weighted by Crippen LogP contribution is 2.42. The van der Waals surface area contributed by atoms with Crippen LogP contribution >= 0.6 is 22.9 Å². The first-order chi connectivity index (χ1) is 17.0. The number of rotatable bonds is 7. The monoisotopic (exact) mass is 507 g/mol. The Labute approximate surface area is 213 Å². The van der Waals surface area contributed by atoms with Crippen LogP contribution < -0.4 is 4.74 Å². The van der Waals surface area contributed by atoms with Gasteiger partial charge in [-0.15, -0.1) is 11.3 Å². The maximum atomic E-state index is 13.8. The molecule has 180 valence electrons. The topological polar surface area (TPSA) is 70.0 Å². The van der Waals surface area contributed by atoms with Crippen LogP contribution in [0.2, 0.25) is 5.02 Å². The Kier molecular flexibility index (Phi) is 6.95. The zero-order chi connectivity index (χ0) is 24.4. The largest absolute Gasteiger partial charge is 0.508 e. The third-order valence-electron chi connectivity index (χ3n) is 6.34. The molecule has 0 unspecified atom stereocenters. The lowest BCUT2D eigenvalue weighted by molar-refractivity contribution is 0.104. The molecule has 0 bridgehead atoms. The van der Waals surface area contributed by atoms with Gasteiger partial charge in [-0.25, -0.2) is 0 Å². The van der Waals surface area contributed by atoms with Crippen LogP contribution in [0.3, 0.4) is 0 Å². The quantitative estimate of drug-likeness (QED) is 0.271. The maximum Gasteiger partial charge on any atom is 0.196 e. The van der Waals surface area contributed by atoms with Crippen molar-refractivity contribution in [1.29, 1.82) is 0 Å². The van der Waals surface area contributed by atoms with E-state index >= 15 is 0 Å². The maximum absolute atomic E-state index is 13.8. The number of aromatic hydroxyl groups is 2. The lowest BCUT2D eigenvalue weighted by Crippen LogP contribution is -2.33. The number of phenols is 2. The van der Waals surface area contributed by atoms with E-state index in [9.17, 15) is 15.0 Å². The molecule has 2 heterocycles. The predicted octanol–water partition coefficient (Wildman–Crippen LogP) is 6.73. The lowest BCUT2D eigenvalue weighted by Gasteiger charge is -2.26. The summed E-state index contributed by atoms with van der Waals surface area (Å²) < 4.78 is 6.71. The van der Waals surface area contributed by atoms with Gasteiger partial charge in [0.05, 0.1) is 5.02 Å². The van der Waals surface area contributed by atoms with Gasteiger partial charge in [-0.3, -0.25) is 9.69 Å². The van der Waals surface area contributed by atoms with Gasteiger partial charge in [-0.05, 0) is 92.2 Å². The highest BCUT2D eigenvalue weighted by molar-refractivity contribution is 7.22. The van der Waals surface area contributed by atoms with Crippen molar-refractivity contribution in [3.05, 3.63) is 76.8 Å². The molecule has 1 saturated heterocycles. The number of benzene rings is 3. The fourth-order valence-electron chi connectivity index (χ4n) is 4.51. The standard InChI is InChI=1S/C28H26ClNO4S/c29-24-17-21(34-15-14-30-12-2-1-3-13-30)9-11-22(24)27(33)26-23-10-8-20(32)16-25(23)35-28(26)18-4-6-19(31)7-5-18/h4-11,16-17,31-32H,1-3,12-15H2. The molecule has 4 aromatic rings. The molecule has 0 spiro atoms. The van der Waals surface area contributed by atoms with Crippen LogP contribution in [0.15, 0.2) is 60.7 Å². The van der Waals surface area contributed by atoms with Gasteiger partial charge >= 0.3 is 0 Å². The number of likely N-dealkylation sites (tertiary alicyclic amines) is 1. The molecular weight excluding hydrogens is 482 g/mol. The zero-order valence-electron chi connectivity index (χ0n) is 19.2. The Morgan fingerprint density at radius 3 is 2.43 bits per heavy atom. The summed E-state index contributed by atoms with van der Waals surface area (Å²) in [7, 11) is 0. The van der Waals surface area contributed by atoms with Crippen molar-refractivity contribution in [2.45, 2.75) is 19.3 Å². The molecule has 1 aliphatic heterocycles. The Morgan fingerprint density at radius 2 is 1.69 bits per heavy atom. The van der Waals surface area contributed by atoms with Crippen LogP contribution in [0.25, 0.3) is 20.5 Å². The molecule has 5 nitrogen and oxygen atoms in total. The number of piperidine rings is 1. The fraction of sp³-hybridized carbons (Fsp3) is 0.250. The smallest absolute Gasteiger partial charge is 0.196 e. The Hall–Kier alpha value is -3.06. The summed E-state index contributed by atoms with van der Waals surface area (Å²) in [4.78, 5) is 17.0. The molecule has 0 aliphatic carbocycles. The molecule has 0 saturated carbocycles. The van der Waals surface area contributed by atoms with E-state index in [1.165, 1.54) is 30.6 Å². The van der Waals surface area contributed by atoms with Crippen LogP contribution in [-0.4, -0.2) is 47.1 Å². The van der Waals surface area contributed by atoms with Crippen molar-refractivity contribution in [2.24, 2.45) is 0 Å². The summed E-state index contributed by atoms with van der Waals surface area (Å²) in [5, 5.41) is 20.8. The second kappa shape index (κ2) is 10.3. The van der Waals surface area contributed by atoms with E-state index in [1.807, 2.05) is 0 Å². The van der Waals surface area contributed by atoms with Crippen molar-refractivity contribution in [3.8, 4) is 27.7 Å². The molecule has 1 fully saturated rings. The average molecular weight is 508 g/mol. The number of phenolic OH excluding ortho intramolecular Hbond substituents is 2. The van der Waals surface area contributed by atoms with E-state index in [0.29, 0.717) is 28.5 Å². The molecule has 5 rings (SSSR count). The van der Waals surface area contributed by atoms with Gasteiger partial charge in [-0.1, -0.05) is 18.0 Å². The van der Waals surface area contributed by atoms with Gasteiger partial charge < -0.3 is 14.9 Å². The first kappa shape index (κ1) is 23.7. The summed E-state index contributed by atoms with van der Waals surface area (Å²) >= 11 is 8.00. The first-order valence-electron chi connectivity index (χ1n) is 11.7. The Balaban J connectivity index is 1.43. The number of ether oxygens (including phenoxy) is 1. The lowest BCUT2D eigenvalue weighted by atomic mass is 9.97. The summed E-state index contributed by atoms with van der Waals surface area (Å²) in [5.41, 5.74) is 1.72. The molecule has 0 radical (unpaired) electrons. The van der Waals surface area contributed by atoms with E-state index in [0.717, 1.165) is 40.2 Å². The minimum atomic E-state index is -0.199. The van der Waals surface area contributed by atoms with E-state index in [-0.39, 0.29) is 17.3 Å². The van der Waals surface area contributed by atoms with Gasteiger partial charge in [0.15, 0.2) is 5.78 Å². The van der Waals surface area contributed by atoms with Crippen LogP contribution in [0.4, 0.5) is 0 Å². The van der Waals surface area contributed by atoms with Gasteiger partial charge in [0.2, 0.25) is 0 Å². The van der Waals surface area contributed by atoms with Gasteiger partial charge in [0, 0.05) is 32.6 Å². The second-order valence-electron chi connectivity index (χ2n) is 8.76. The van der Waals surface area contributed by atoms with Gasteiger partial charge in [0.25, 0.3) is 0 Å². The molecule has 7 heteroatoms. The third kappa shape index (κ3) is 5.15. The number of thiophene rings is 1. The number of carbonyl (C=O) groups excluding carboxylic acids is 1. The number of hydrogen-bond acceptors (Lipinski definition) is 6. The molecule has 0 amide bonds. The molecule has 0 atom stereocenters. The Bertz CT molecular complexity index is 1360. The Morgan fingerprint density at radius 1 is 0.943 bits per heavy atom. The normalized spacial score (nSPS) is 14.3. The zero-order valence-corrected chi connectivity index (χ0v) is 20.7. The highest BCUT2D eigenvalue weighted by atomic mass is 35.5.